The third-order valence-electron chi connectivity index (χ3n) is 5.97. The van der Waals surface area contributed by atoms with Crippen LogP contribution in [0.1, 0.15) is 51.0 Å². The SMILES string of the molecule is CC1CCN(c2nnc(SC(C)C(=O)NC(C)c3ccccc3)n2Cc2ccco2)CC1. The monoisotopic (exact) mass is 453 g/mol. The van der Waals surface area contributed by atoms with Gasteiger partial charge in [0.15, 0.2) is 5.16 Å². The molecule has 2 atom stereocenters. The molecule has 7 nitrogen and oxygen atoms in total. The Kier molecular flexibility index (Phi) is 7.19. The molecule has 4 rings (SSSR count). The van der Waals surface area contributed by atoms with E-state index in [0.717, 1.165) is 54.3 Å². The summed E-state index contributed by atoms with van der Waals surface area (Å²) in [4.78, 5) is 15.2. The van der Waals surface area contributed by atoms with Crippen molar-refractivity contribution in [1.82, 2.24) is 20.1 Å². The molecule has 170 valence electrons. The van der Waals surface area contributed by atoms with Crippen molar-refractivity contribution < 1.29 is 9.21 Å². The summed E-state index contributed by atoms with van der Waals surface area (Å²) in [5.41, 5.74) is 1.08. The summed E-state index contributed by atoms with van der Waals surface area (Å²) in [6.07, 6.45) is 3.97. The minimum absolute atomic E-state index is 0.0211. The maximum atomic E-state index is 12.9. The predicted octanol–water partition coefficient (Wildman–Crippen LogP) is 4.51. The topological polar surface area (TPSA) is 76.2 Å². The molecule has 1 aliphatic rings. The van der Waals surface area contributed by atoms with Crippen LogP contribution >= 0.6 is 11.8 Å². The van der Waals surface area contributed by atoms with Crippen molar-refractivity contribution >= 4 is 23.6 Å². The van der Waals surface area contributed by atoms with Crippen LogP contribution in [0.2, 0.25) is 0 Å². The number of amides is 1. The lowest BCUT2D eigenvalue weighted by atomic mass is 10.00. The standard InChI is InChI=1S/C24H31N5O2S/c1-17-11-13-28(14-12-17)23-26-27-24(29(23)16-21-10-7-15-31-21)32-19(3)22(30)25-18(2)20-8-5-4-6-9-20/h4-10,15,17-19H,11-14,16H2,1-3H3,(H,25,30). The number of carbonyl (C=O) groups is 1. The second kappa shape index (κ2) is 10.3. The number of hydrogen-bond donors (Lipinski definition) is 1. The van der Waals surface area contributed by atoms with Crippen molar-refractivity contribution in [3.63, 3.8) is 0 Å². The van der Waals surface area contributed by atoms with Gasteiger partial charge < -0.3 is 14.6 Å². The summed E-state index contributed by atoms with van der Waals surface area (Å²) in [7, 11) is 0. The molecular formula is C24H31N5O2S. The number of carbonyl (C=O) groups excluding carboxylic acids is 1. The van der Waals surface area contributed by atoms with Crippen molar-refractivity contribution in [2.24, 2.45) is 5.92 Å². The Morgan fingerprint density at radius 2 is 1.91 bits per heavy atom. The Morgan fingerprint density at radius 1 is 1.16 bits per heavy atom. The number of nitrogens with zero attached hydrogens (tertiary/aromatic N) is 4. The summed E-state index contributed by atoms with van der Waals surface area (Å²) in [5, 5.41) is 12.5. The van der Waals surface area contributed by atoms with Crippen molar-refractivity contribution in [2.45, 2.75) is 56.6 Å². The van der Waals surface area contributed by atoms with Gasteiger partial charge in [-0.1, -0.05) is 49.0 Å². The third kappa shape index (κ3) is 5.35. The predicted molar refractivity (Wildman–Crippen MR) is 127 cm³/mol. The van der Waals surface area contributed by atoms with Crippen LogP contribution in [0.3, 0.4) is 0 Å². The molecule has 3 aromatic rings. The Balaban J connectivity index is 1.48. The number of anilines is 1. The zero-order chi connectivity index (χ0) is 22.5. The number of thioether (sulfide) groups is 1. The van der Waals surface area contributed by atoms with Gasteiger partial charge in [-0.3, -0.25) is 9.36 Å². The van der Waals surface area contributed by atoms with E-state index in [-0.39, 0.29) is 17.2 Å². The zero-order valence-corrected chi connectivity index (χ0v) is 19.7. The van der Waals surface area contributed by atoms with Gasteiger partial charge in [0.05, 0.1) is 24.1 Å². The Hall–Kier alpha value is -2.74. The Morgan fingerprint density at radius 3 is 2.59 bits per heavy atom. The van der Waals surface area contributed by atoms with Crippen molar-refractivity contribution in [2.75, 3.05) is 18.0 Å². The summed E-state index contributed by atoms with van der Waals surface area (Å²) in [5.74, 6) is 2.40. The van der Waals surface area contributed by atoms with E-state index in [4.69, 9.17) is 4.42 Å². The third-order valence-corrected chi connectivity index (χ3v) is 7.05. The van der Waals surface area contributed by atoms with Crippen LogP contribution in [0, 0.1) is 5.92 Å². The fourth-order valence-corrected chi connectivity index (χ4v) is 4.73. The van der Waals surface area contributed by atoms with E-state index in [1.807, 2.05) is 56.3 Å². The molecule has 3 heterocycles. The molecule has 0 radical (unpaired) electrons. The van der Waals surface area contributed by atoms with E-state index in [0.29, 0.717) is 6.54 Å². The van der Waals surface area contributed by atoms with Crippen LogP contribution in [0.4, 0.5) is 5.95 Å². The molecule has 1 fully saturated rings. The van der Waals surface area contributed by atoms with Gasteiger partial charge in [-0.05, 0) is 50.3 Å². The Bertz CT molecular complexity index is 997. The average Bonchev–Trinajstić information content (AvgIpc) is 3.46. The van der Waals surface area contributed by atoms with Gasteiger partial charge >= 0.3 is 0 Å². The number of rotatable bonds is 8. The first-order chi connectivity index (χ1) is 15.5. The molecular weight excluding hydrogens is 422 g/mol. The molecule has 0 spiro atoms. The van der Waals surface area contributed by atoms with Gasteiger partial charge in [0, 0.05) is 13.1 Å². The first-order valence-electron chi connectivity index (χ1n) is 11.2. The normalized spacial score (nSPS) is 16.7. The van der Waals surface area contributed by atoms with E-state index in [1.165, 1.54) is 11.8 Å². The molecule has 2 unspecified atom stereocenters. The van der Waals surface area contributed by atoms with E-state index in [9.17, 15) is 4.79 Å². The van der Waals surface area contributed by atoms with Crippen LogP contribution < -0.4 is 10.2 Å². The zero-order valence-electron chi connectivity index (χ0n) is 18.9. The highest BCUT2D eigenvalue weighted by Gasteiger charge is 2.26. The second-order valence-electron chi connectivity index (χ2n) is 8.52. The van der Waals surface area contributed by atoms with E-state index < -0.39 is 0 Å². The fourth-order valence-electron chi connectivity index (χ4n) is 3.87. The number of piperidine rings is 1. The maximum absolute atomic E-state index is 12.9. The highest BCUT2D eigenvalue weighted by Crippen LogP contribution is 2.29. The number of benzene rings is 1. The second-order valence-corrected chi connectivity index (χ2v) is 9.83. The van der Waals surface area contributed by atoms with Crippen LogP contribution in [0.15, 0.2) is 58.3 Å². The van der Waals surface area contributed by atoms with Crippen LogP contribution in [0.5, 0.6) is 0 Å². The van der Waals surface area contributed by atoms with Gasteiger partial charge in [-0.15, -0.1) is 10.2 Å². The molecule has 0 saturated carbocycles. The van der Waals surface area contributed by atoms with E-state index in [2.05, 4.69) is 31.9 Å². The van der Waals surface area contributed by atoms with E-state index >= 15 is 0 Å². The first-order valence-corrected chi connectivity index (χ1v) is 12.1. The molecule has 0 bridgehead atoms. The molecule has 1 saturated heterocycles. The first kappa shape index (κ1) is 22.5. The van der Waals surface area contributed by atoms with Gasteiger partial charge in [-0.2, -0.15) is 0 Å². The molecule has 2 aromatic heterocycles. The Labute approximate surface area is 193 Å². The van der Waals surface area contributed by atoms with Gasteiger partial charge in [0.2, 0.25) is 11.9 Å². The van der Waals surface area contributed by atoms with Gasteiger partial charge in [-0.25, -0.2) is 0 Å². The maximum Gasteiger partial charge on any atom is 0.233 e. The lowest BCUT2D eigenvalue weighted by Gasteiger charge is -2.31. The number of aromatic nitrogens is 3. The fraction of sp³-hybridized carbons (Fsp3) is 0.458. The molecule has 1 aliphatic heterocycles. The van der Waals surface area contributed by atoms with Gasteiger partial charge in [0.25, 0.3) is 0 Å². The van der Waals surface area contributed by atoms with E-state index in [1.54, 1.807) is 6.26 Å². The highest BCUT2D eigenvalue weighted by atomic mass is 32.2. The molecule has 1 amide bonds. The molecule has 1 N–H and O–H groups in total. The van der Waals surface area contributed by atoms with Gasteiger partial charge in [0.1, 0.15) is 5.76 Å². The minimum atomic E-state index is -0.310. The van der Waals surface area contributed by atoms with Crippen molar-refractivity contribution in [3.05, 3.63) is 60.1 Å². The van der Waals surface area contributed by atoms with Crippen LogP contribution in [-0.2, 0) is 11.3 Å². The van der Waals surface area contributed by atoms with Crippen LogP contribution in [0.25, 0.3) is 0 Å². The van der Waals surface area contributed by atoms with Crippen LogP contribution in [-0.4, -0.2) is 39.0 Å². The summed E-state index contributed by atoms with van der Waals surface area (Å²) >= 11 is 1.43. The quantitative estimate of drug-likeness (QED) is 0.506. The molecule has 1 aromatic carbocycles. The summed E-state index contributed by atoms with van der Waals surface area (Å²) in [6.45, 7) is 8.67. The number of furan rings is 1. The average molecular weight is 454 g/mol. The summed E-state index contributed by atoms with van der Waals surface area (Å²) in [6, 6.07) is 13.8. The number of nitrogens with one attached hydrogen (secondary N) is 1. The largest absolute Gasteiger partial charge is 0.467 e. The minimum Gasteiger partial charge on any atom is -0.467 e. The summed E-state index contributed by atoms with van der Waals surface area (Å²) < 4.78 is 7.67. The molecule has 8 heteroatoms. The number of hydrogen-bond acceptors (Lipinski definition) is 6. The smallest absolute Gasteiger partial charge is 0.233 e. The van der Waals surface area contributed by atoms with Crippen molar-refractivity contribution in [1.29, 1.82) is 0 Å². The lowest BCUT2D eigenvalue weighted by Crippen LogP contribution is -2.35. The van der Waals surface area contributed by atoms with Crippen molar-refractivity contribution in [3.8, 4) is 0 Å². The molecule has 0 aliphatic carbocycles. The molecule has 32 heavy (non-hydrogen) atoms. The highest BCUT2D eigenvalue weighted by molar-refractivity contribution is 8.00. The lowest BCUT2D eigenvalue weighted by molar-refractivity contribution is -0.120.